The van der Waals surface area contributed by atoms with Crippen LogP contribution in [0.4, 0.5) is 18.9 Å². The van der Waals surface area contributed by atoms with Gasteiger partial charge in [-0.1, -0.05) is 23.2 Å². The Bertz CT molecular complexity index is 1020. The highest BCUT2D eigenvalue weighted by molar-refractivity contribution is 6.40. The highest BCUT2D eigenvalue weighted by atomic mass is 35.5. The molecule has 1 amide bonds. The Balaban J connectivity index is 2.09. The number of amides is 1. The minimum absolute atomic E-state index is 0.00262. The molecular weight excluding hydrogens is 406 g/mol. The first kappa shape index (κ1) is 19.2. The lowest BCUT2D eigenvalue weighted by Crippen LogP contribution is -2.14. The van der Waals surface area contributed by atoms with Crippen LogP contribution in [0, 0.1) is 0 Å². The van der Waals surface area contributed by atoms with E-state index in [1.165, 1.54) is 37.7 Å². The van der Waals surface area contributed by atoms with Gasteiger partial charge in [0.05, 0.1) is 28.4 Å². The third-order valence-corrected chi connectivity index (χ3v) is 4.23. The largest absolute Gasteiger partial charge is 0.494 e. The molecule has 0 radical (unpaired) electrons. The number of aromatic nitrogens is 2. The highest BCUT2D eigenvalue weighted by Crippen LogP contribution is 2.35. The SMILES string of the molecule is COc1ccc(NC(=O)c2c(Cl)cncc2Cl)c2ccc(C(F)(F)F)nc12. The number of ether oxygens (including phenoxy) is 1. The zero-order valence-electron chi connectivity index (χ0n) is 13.6. The lowest BCUT2D eigenvalue weighted by Gasteiger charge is -2.14. The monoisotopic (exact) mass is 415 g/mol. The molecule has 0 bridgehead atoms. The van der Waals surface area contributed by atoms with E-state index in [0.717, 1.165) is 6.07 Å². The number of hydrogen-bond donors (Lipinski definition) is 1. The molecule has 1 N–H and O–H groups in total. The van der Waals surface area contributed by atoms with Crippen LogP contribution in [-0.4, -0.2) is 23.0 Å². The topological polar surface area (TPSA) is 64.1 Å². The number of nitrogens with one attached hydrogen (secondary N) is 1. The molecule has 0 aliphatic heterocycles. The lowest BCUT2D eigenvalue weighted by molar-refractivity contribution is -0.140. The molecule has 3 rings (SSSR count). The van der Waals surface area contributed by atoms with E-state index in [2.05, 4.69) is 15.3 Å². The fourth-order valence-electron chi connectivity index (χ4n) is 2.44. The second-order valence-electron chi connectivity index (χ2n) is 5.34. The molecule has 0 fully saturated rings. The summed E-state index contributed by atoms with van der Waals surface area (Å²) in [6, 6.07) is 4.92. The fraction of sp³-hybridized carbons (Fsp3) is 0.118. The fourth-order valence-corrected chi connectivity index (χ4v) is 2.97. The lowest BCUT2D eigenvalue weighted by atomic mass is 10.1. The number of rotatable bonds is 3. The van der Waals surface area contributed by atoms with Crippen LogP contribution in [0.2, 0.25) is 10.0 Å². The first-order chi connectivity index (χ1) is 12.7. The van der Waals surface area contributed by atoms with E-state index in [1.807, 2.05) is 0 Å². The average molecular weight is 416 g/mol. The molecule has 0 saturated heterocycles. The minimum Gasteiger partial charge on any atom is -0.494 e. The Kier molecular flexibility index (Phi) is 5.12. The Morgan fingerprint density at radius 3 is 2.37 bits per heavy atom. The molecule has 2 heterocycles. The molecule has 10 heteroatoms. The van der Waals surface area contributed by atoms with Gasteiger partial charge in [-0.15, -0.1) is 0 Å². The van der Waals surface area contributed by atoms with Crippen LogP contribution < -0.4 is 10.1 Å². The molecule has 0 aliphatic rings. The number of alkyl halides is 3. The van der Waals surface area contributed by atoms with Crippen molar-refractivity contribution in [1.29, 1.82) is 0 Å². The summed E-state index contributed by atoms with van der Waals surface area (Å²) in [5.74, 6) is -0.507. The minimum atomic E-state index is -4.61. The number of methoxy groups -OCH3 is 1. The summed E-state index contributed by atoms with van der Waals surface area (Å²) in [7, 11) is 1.31. The van der Waals surface area contributed by atoms with E-state index in [1.54, 1.807) is 0 Å². The Labute approximate surface area is 161 Å². The Morgan fingerprint density at radius 1 is 1.11 bits per heavy atom. The van der Waals surface area contributed by atoms with Crippen molar-refractivity contribution in [3.8, 4) is 5.75 Å². The summed E-state index contributed by atoms with van der Waals surface area (Å²) >= 11 is 11.9. The average Bonchev–Trinajstić information content (AvgIpc) is 2.60. The number of carbonyl (C=O) groups is 1. The van der Waals surface area contributed by atoms with Gasteiger partial charge in [-0.05, 0) is 24.3 Å². The van der Waals surface area contributed by atoms with Gasteiger partial charge >= 0.3 is 6.18 Å². The van der Waals surface area contributed by atoms with Gasteiger partial charge in [0.15, 0.2) is 0 Å². The summed E-state index contributed by atoms with van der Waals surface area (Å²) in [6.07, 6.45) is -2.10. The van der Waals surface area contributed by atoms with E-state index >= 15 is 0 Å². The number of hydrogen-bond acceptors (Lipinski definition) is 4. The van der Waals surface area contributed by atoms with E-state index in [4.69, 9.17) is 27.9 Å². The van der Waals surface area contributed by atoms with Crippen molar-refractivity contribution in [1.82, 2.24) is 9.97 Å². The van der Waals surface area contributed by atoms with Crippen molar-refractivity contribution in [2.45, 2.75) is 6.18 Å². The molecule has 3 aromatic rings. The van der Waals surface area contributed by atoms with Gasteiger partial charge in [-0.3, -0.25) is 9.78 Å². The van der Waals surface area contributed by atoms with Crippen molar-refractivity contribution in [2.24, 2.45) is 0 Å². The van der Waals surface area contributed by atoms with Gasteiger partial charge in [-0.25, -0.2) is 4.98 Å². The molecule has 0 unspecified atom stereocenters. The first-order valence-corrected chi connectivity index (χ1v) is 8.13. The Hall–Kier alpha value is -2.58. The van der Waals surface area contributed by atoms with Crippen LogP contribution in [0.1, 0.15) is 16.1 Å². The van der Waals surface area contributed by atoms with Gasteiger partial charge in [-0.2, -0.15) is 13.2 Å². The number of fused-ring (bicyclic) bond motifs is 1. The predicted octanol–water partition coefficient (Wildman–Crippen LogP) is 5.22. The van der Waals surface area contributed by atoms with Gasteiger partial charge in [0.25, 0.3) is 5.91 Å². The number of benzene rings is 1. The molecule has 1 aromatic carbocycles. The summed E-state index contributed by atoms with van der Waals surface area (Å²) in [5.41, 5.74) is -0.896. The number of pyridine rings is 2. The van der Waals surface area contributed by atoms with Crippen LogP contribution in [-0.2, 0) is 6.18 Å². The maximum Gasteiger partial charge on any atom is 0.433 e. The maximum absolute atomic E-state index is 13.0. The molecular formula is C17H10Cl2F3N3O2. The van der Waals surface area contributed by atoms with E-state index in [-0.39, 0.29) is 37.9 Å². The predicted molar refractivity (Wildman–Crippen MR) is 95.5 cm³/mol. The van der Waals surface area contributed by atoms with Gasteiger partial charge < -0.3 is 10.1 Å². The summed E-state index contributed by atoms with van der Waals surface area (Å²) < 4.78 is 44.0. The van der Waals surface area contributed by atoms with Gasteiger partial charge in [0.1, 0.15) is 17.0 Å². The van der Waals surface area contributed by atoms with E-state index in [0.29, 0.717) is 0 Å². The molecule has 0 aliphatic carbocycles. The van der Waals surface area contributed by atoms with Gasteiger partial charge in [0.2, 0.25) is 0 Å². The quantitative estimate of drug-likeness (QED) is 0.636. The van der Waals surface area contributed by atoms with Crippen molar-refractivity contribution in [3.05, 3.63) is 58.0 Å². The highest BCUT2D eigenvalue weighted by Gasteiger charge is 2.33. The van der Waals surface area contributed by atoms with Crippen molar-refractivity contribution >= 4 is 45.7 Å². The summed E-state index contributed by atoms with van der Waals surface area (Å²) in [6.45, 7) is 0. The van der Waals surface area contributed by atoms with Crippen molar-refractivity contribution in [3.63, 3.8) is 0 Å². The van der Waals surface area contributed by atoms with Crippen LogP contribution >= 0.6 is 23.2 Å². The molecule has 27 heavy (non-hydrogen) atoms. The third kappa shape index (κ3) is 3.77. The number of anilines is 1. The summed E-state index contributed by atoms with van der Waals surface area (Å²) in [5, 5.41) is 2.92. The molecule has 140 valence electrons. The number of nitrogens with zero attached hydrogens (tertiary/aromatic N) is 2. The summed E-state index contributed by atoms with van der Waals surface area (Å²) in [4.78, 5) is 19.9. The maximum atomic E-state index is 13.0. The van der Waals surface area contributed by atoms with Crippen LogP contribution in [0.5, 0.6) is 5.75 Å². The molecule has 0 spiro atoms. The van der Waals surface area contributed by atoms with Crippen LogP contribution in [0.15, 0.2) is 36.7 Å². The van der Waals surface area contributed by atoms with Crippen LogP contribution in [0.3, 0.4) is 0 Å². The van der Waals surface area contributed by atoms with Crippen molar-refractivity contribution < 1.29 is 22.7 Å². The number of carbonyl (C=O) groups excluding carboxylic acids is 1. The second-order valence-corrected chi connectivity index (χ2v) is 6.15. The first-order valence-electron chi connectivity index (χ1n) is 7.37. The third-order valence-electron chi connectivity index (χ3n) is 3.66. The Morgan fingerprint density at radius 2 is 1.78 bits per heavy atom. The van der Waals surface area contributed by atoms with E-state index < -0.39 is 17.8 Å². The van der Waals surface area contributed by atoms with Crippen LogP contribution in [0.25, 0.3) is 10.9 Å². The smallest absolute Gasteiger partial charge is 0.433 e. The molecule has 0 saturated carbocycles. The second kappa shape index (κ2) is 7.21. The van der Waals surface area contributed by atoms with E-state index in [9.17, 15) is 18.0 Å². The zero-order valence-corrected chi connectivity index (χ0v) is 15.1. The normalized spacial score (nSPS) is 11.5. The standard InChI is InChI=1S/C17H10Cl2F3N3O2/c1-27-12-4-3-11(8-2-5-13(17(20,21)22)25-15(8)12)24-16(26)14-9(18)6-23-7-10(14)19/h2-7H,1H3,(H,24,26). The number of halogens is 5. The molecule has 5 nitrogen and oxygen atoms in total. The van der Waals surface area contributed by atoms with Gasteiger partial charge in [0, 0.05) is 17.8 Å². The van der Waals surface area contributed by atoms with Crippen molar-refractivity contribution in [2.75, 3.05) is 12.4 Å². The molecule has 0 atom stereocenters. The molecule has 2 aromatic heterocycles. The zero-order chi connectivity index (χ0) is 19.8.